The number of para-hydroxylation sites is 1. The van der Waals surface area contributed by atoms with Crippen molar-refractivity contribution in [3.05, 3.63) is 42.0 Å². The van der Waals surface area contributed by atoms with Crippen LogP contribution >= 0.6 is 0 Å². The molecule has 29 heavy (non-hydrogen) atoms. The van der Waals surface area contributed by atoms with E-state index >= 15 is 0 Å². The lowest BCUT2D eigenvalue weighted by Gasteiger charge is -2.30. The molecule has 0 saturated carbocycles. The van der Waals surface area contributed by atoms with Crippen molar-refractivity contribution in [1.82, 2.24) is 14.9 Å². The molecule has 2 aromatic rings. The fourth-order valence-corrected chi connectivity index (χ4v) is 3.01. The quantitative estimate of drug-likeness (QED) is 0.657. The molecule has 160 valence electrons. The van der Waals surface area contributed by atoms with Crippen molar-refractivity contribution in [2.45, 2.75) is 31.0 Å². The fourth-order valence-electron chi connectivity index (χ4n) is 3.01. The van der Waals surface area contributed by atoms with Gasteiger partial charge in [0.1, 0.15) is 5.82 Å². The second-order valence-corrected chi connectivity index (χ2v) is 6.47. The van der Waals surface area contributed by atoms with Gasteiger partial charge < -0.3 is 24.5 Å². The van der Waals surface area contributed by atoms with Crippen LogP contribution in [0, 0.1) is 0 Å². The molecule has 0 saturated heterocycles. The Hall–Kier alpha value is -2.75. The molecule has 0 bridgehead atoms. The monoisotopic (exact) mass is 415 g/mol. The molecular weight excluding hydrogens is 391 g/mol. The Morgan fingerprint density at radius 3 is 2.55 bits per heavy atom. The average molecular weight is 415 g/mol. The number of methoxy groups -OCH3 is 2. The number of hydrogen-bond acceptors (Lipinski definition) is 5. The van der Waals surface area contributed by atoms with E-state index in [2.05, 4.69) is 10.3 Å². The summed E-state index contributed by atoms with van der Waals surface area (Å²) in [5, 5.41) is 12.7. The number of aromatic nitrogens is 2. The van der Waals surface area contributed by atoms with Crippen LogP contribution in [0.15, 0.2) is 30.6 Å². The first-order chi connectivity index (χ1) is 13.6. The Morgan fingerprint density at radius 1 is 1.28 bits per heavy atom. The van der Waals surface area contributed by atoms with Crippen molar-refractivity contribution in [2.24, 2.45) is 7.05 Å². The van der Waals surface area contributed by atoms with E-state index in [1.54, 1.807) is 18.2 Å². The van der Waals surface area contributed by atoms with E-state index < -0.39 is 29.9 Å². The number of imidazole rings is 1. The summed E-state index contributed by atoms with van der Waals surface area (Å²) < 4.78 is 52.0. The van der Waals surface area contributed by atoms with Crippen molar-refractivity contribution in [3.8, 4) is 11.5 Å². The van der Waals surface area contributed by atoms with Gasteiger partial charge in [0.05, 0.1) is 14.2 Å². The van der Waals surface area contributed by atoms with Crippen LogP contribution < -0.4 is 14.8 Å². The maximum atomic E-state index is 13.5. The smallest absolute Gasteiger partial charge is 0.424 e. The Labute approximate surface area is 166 Å². The number of carbonyl (C=O) groups is 1. The molecule has 0 aliphatic heterocycles. The highest BCUT2D eigenvalue weighted by Crippen LogP contribution is 2.40. The second kappa shape index (κ2) is 9.17. The molecular formula is C19H24F3N3O4. The fraction of sp³-hybridized carbons (Fsp3) is 0.474. The topological polar surface area (TPSA) is 85.6 Å². The number of alkyl halides is 3. The van der Waals surface area contributed by atoms with Gasteiger partial charge >= 0.3 is 6.18 Å². The molecule has 0 aliphatic rings. The van der Waals surface area contributed by atoms with E-state index in [9.17, 15) is 23.1 Å². The van der Waals surface area contributed by atoms with Gasteiger partial charge in [0, 0.05) is 38.8 Å². The molecule has 1 aromatic carbocycles. The number of hydrogen-bond donors (Lipinski definition) is 2. The van der Waals surface area contributed by atoms with Crippen LogP contribution in [0.2, 0.25) is 0 Å². The van der Waals surface area contributed by atoms with Crippen LogP contribution in [-0.2, 0) is 23.9 Å². The number of aryl methyl sites for hydroxylation is 2. The maximum absolute atomic E-state index is 13.5. The lowest BCUT2D eigenvalue weighted by atomic mass is 9.97. The third kappa shape index (κ3) is 5.00. The van der Waals surface area contributed by atoms with Crippen LogP contribution in [0.4, 0.5) is 13.2 Å². The average Bonchev–Trinajstić information content (AvgIpc) is 3.11. The highest BCUT2D eigenvalue weighted by molar-refractivity contribution is 5.76. The lowest BCUT2D eigenvalue weighted by molar-refractivity contribution is -0.272. The summed E-state index contributed by atoms with van der Waals surface area (Å²) in [5.41, 5.74) is -2.42. The molecule has 1 amide bonds. The number of benzene rings is 1. The number of nitrogens with zero attached hydrogens (tertiary/aromatic N) is 2. The number of ether oxygens (including phenoxy) is 2. The van der Waals surface area contributed by atoms with E-state index in [0.717, 1.165) is 10.1 Å². The van der Waals surface area contributed by atoms with Gasteiger partial charge in [-0.1, -0.05) is 12.1 Å². The molecule has 1 unspecified atom stereocenters. The predicted octanol–water partition coefficient (Wildman–Crippen LogP) is 2.33. The molecule has 1 atom stereocenters. The van der Waals surface area contributed by atoms with E-state index in [1.165, 1.54) is 33.7 Å². The van der Waals surface area contributed by atoms with Gasteiger partial charge in [-0.2, -0.15) is 13.2 Å². The molecule has 0 aliphatic carbocycles. The van der Waals surface area contributed by atoms with Crippen LogP contribution in [0.1, 0.15) is 24.2 Å². The molecule has 1 heterocycles. The molecule has 2 N–H and O–H groups in total. The summed E-state index contributed by atoms with van der Waals surface area (Å²) in [5.74, 6) is 0.0550. The zero-order valence-electron chi connectivity index (χ0n) is 16.4. The third-order valence-corrected chi connectivity index (χ3v) is 4.57. The highest BCUT2D eigenvalue weighted by atomic mass is 19.4. The first-order valence-electron chi connectivity index (χ1n) is 8.87. The molecule has 1 aromatic heterocycles. The summed E-state index contributed by atoms with van der Waals surface area (Å²) in [7, 11) is 4.34. The van der Waals surface area contributed by atoms with Gasteiger partial charge in [0.15, 0.2) is 11.5 Å². The van der Waals surface area contributed by atoms with E-state index in [1.807, 2.05) is 0 Å². The number of carbonyl (C=O) groups excluding carboxylic acids is 1. The molecule has 7 nitrogen and oxygen atoms in total. The summed E-state index contributed by atoms with van der Waals surface area (Å²) >= 11 is 0. The zero-order chi connectivity index (χ0) is 21.7. The first-order valence-corrected chi connectivity index (χ1v) is 8.87. The van der Waals surface area contributed by atoms with Gasteiger partial charge in [-0.05, 0) is 18.1 Å². The first kappa shape index (κ1) is 22.5. The number of rotatable bonds is 9. The molecule has 0 fully saturated rings. The van der Waals surface area contributed by atoms with Crippen LogP contribution in [0.5, 0.6) is 11.5 Å². The maximum Gasteiger partial charge on any atom is 0.424 e. The summed E-state index contributed by atoms with van der Waals surface area (Å²) in [6, 6.07) is 5.25. The molecule has 0 spiro atoms. The summed E-state index contributed by atoms with van der Waals surface area (Å²) in [6.07, 6.45) is -2.86. The highest BCUT2D eigenvalue weighted by Gasteiger charge is 2.57. The van der Waals surface area contributed by atoms with Crippen LogP contribution in [0.3, 0.4) is 0 Å². The Balaban J connectivity index is 1.96. The molecule has 2 rings (SSSR count). The van der Waals surface area contributed by atoms with E-state index in [4.69, 9.17) is 9.47 Å². The number of aliphatic hydroxyl groups is 1. The normalized spacial score (nSPS) is 13.6. The Kier molecular flexibility index (Phi) is 7.12. The Morgan fingerprint density at radius 2 is 2.00 bits per heavy atom. The van der Waals surface area contributed by atoms with Crippen molar-refractivity contribution >= 4 is 5.91 Å². The predicted molar refractivity (Wildman–Crippen MR) is 98.7 cm³/mol. The SMILES string of the molecule is COc1cccc(CCC(=O)NCCC(O)(c2nccn2C)C(F)(F)F)c1OC. The number of halogens is 3. The molecule has 10 heteroatoms. The zero-order valence-corrected chi connectivity index (χ0v) is 16.4. The standard InChI is InChI=1S/C19H24F3N3O4/c1-25-12-11-24-17(25)18(27,19(20,21)22)9-10-23-15(26)8-7-13-5-4-6-14(28-2)16(13)29-3/h4-6,11-12,27H,7-10H2,1-3H3,(H,23,26). The van der Waals surface area contributed by atoms with E-state index in [0.29, 0.717) is 17.9 Å². The third-order valence-electron chi connectivity index (χ3n) is 4.57. The minimum Gasteiger partial charge on any atom is -0.493 e. The Bertz CT molecular complexity index is 838. The van der Waals surface area contributed by atoms with Crippen LogP contribution in [0.25, 0.3) is 0 Å². The lowest BCUT2D eigenvalue weighted by Crippen LogP contribution is -2.46. The molecule has 0 radical (unpaired) electrons. The van der Waals surface area contributed by atoms with Crippen LogP contribution in [-0.4, -0.2) is 47.5 Å². The van der Waals surface area contributed by atoms with Gasteiger partial charge in [-0.3, -0.25) is 4.79 Å². The number of amides is 1. The summed E-state index contributed by atoms with van der Waals surface area (Å²) in [4.78, 5) is 15.7. The second-order valence-electron chi connectivity index (χ2n) is 6.47. The largest absolute Gasteiger partial charge is 0.493 e. The van der Waals surface area contributed by atoms with Crippen molar-refractivity contribution in [3.63, 3.8) is 0 Å². The minimum atomic E-state index is -4.94. The van der Waals surface area contributed by atoms with Crippen molar-refractivity contribution in [1.29, 1.82) is 0 Å². The van der Waals surface area contributed by atoms with Gasteiger partial charge in [0.25, 0.3) is 0 Å². The minimum absolute atomic E-state index is 0.0381. The van der Waals surface area contributed by atoms with Gasteiger partial charge in [0.2, 0.25) is 11.5 Å². The summed E-state index contributed by atoms with van der Waals surface area (Å²) in [6.45, 7) is -0.364. The number of nitrogens with one attached hydrogen (secondary N) is 1. The van der Waals surface area contributed by atoms with E-state index in [-0.39, 0.29) is 13.0 Å². The van der Waals surface area contributed by atoms with Gasteiger partial charge in [-0.25, -0.2) is 4.98 Å². The van der Waals surface area contributed by atoms with Crippen molar-refractivity contribution < 1.29 is 32.5 Å². The van der Waals surface area contributed by atoms with Gasteiger partial charge in [-0.15, -0.1) is 0 Å². The van der Waals surface area contributed by atoms with Crippen molar-refractivity contribution in [2.75, 3.05) is 20.8 Å².